The number of halogens is 1. The largest absolute Gasteiger partial charge is 0.478 e. The van der Waals surface area contributed by atoms with Crippen LogP contribution in [0.5, 0.6) is 0 Å². The van der Waals surface area contributed by atoms with E-state index in [-0.39, 0.29) is 17.0 Å². The van der Waals surface area contributed by atoms with E-state index in [1.165, 1.54) is 6.07 Å². The zero-order valence-electron chi connectivity index (χ0n) is 18.2. The summed E-state index contributed by atoms with van der Waals surface area (Å²) in [5.41, 5.74) is 1.87. The Bertz CT molecular complexity index is 1010. The molecule has 0 saturated heterocycles. The van der Waals surface area contributed by atoms with Crippen LogP contribution in [0.1, 0.15) is 49.5 Å². The Labute approximate surface area is 185 Å². The van der Waals surface area contributed by atoms with Crippen LogP contribution < -0.4 is 5.32 Å². The molecule has 2 aromatic carbocycles. The lowest BCUT2D eigenvalue weighted by atomic mass is 10.0. The molecular formula is C23H28FN3O5. The number of nitrogens with zero attached hydrogens (tertiary/aromatic N) is 2. The number of aromatic nitrogens is 2. The van der Waals surface area contributed by atoms with E-state index in [4.69, 9.17) is 14.6 Å². The monoisotopic (exact) mass is 445 g/mol. The zero-order valence-corrected chi connectivity index (χ0v) is 18.2. The van der Waals surface area contributed by atoms with Crippen molar-refractivity contribution in [2.24, 2.45) is 0 Å². The zero-order chi connectivity index (χ0) is 23.7. The highest BCUT2D eigenvalue weighted by molar-refractivity contribution is 5.94. The Morgan fingerprint density at radius 2 is 1.69 bits per heavy atom. The summed E-state index contributed by atoms with van der Waals surface area (Å²) in [6.45, 7) is 5.21. The van der Waals surface area contributed by atoms with Gasteiger partial charge < -0.3 is 19.7 Å². The average molecular weight is 445 g/mol. The van der Waals surface area contributed by atoms with Gasteiger partial charge in [-0.1, -0.05) is 31.5 Å². The molecule has 3 rings (SSSR count). The van der Waals surface area contributed by atoms with Crippen LogP contribution in [0.25, 0.3) is 22.9 Å². The van der Waals surface area contributed by atoms with Crippen LogP contribution in [-0.4, -0.2) is 43.9 Å². The Morgan fingerprint density at radius 3 is 2.25 bits per heavy atom. The maximum atomic E-state index is 13.5. The van der Waals surface area contributed by atoms with E-state index in [0.29, 0.717) is 5.89 Å². The van der Waals surface area contributed by atoms with Crippen LogP contribution >= 0.6 is 0 Å². The van der Waals surface area contributed by atoms with E-state index in [0.717, 1.165) is 42.5 Å². The minimum absolute atomic E-state index is 0.0165. The van der Waals surface area contributed by atoms with Crippen LogP contribution in [0.15, 0.2) is 46.9 Å². The fourth-order valence-electron chi connectivity index (χ4n) is 2.98. The number of unbranched alkanes of at least 4 members (excludes halogenated alkanes) is 1. The topological polar surface area (TPSA) is 129 Å². The summed E-state index contributed by atoms with van der Waals surface area (Å²) in [7, 11) is 0. The molecule has 8 nitrogen and oxygen atoms in total. The second-order valence-electron chi connectivity index (χ2n) is 7.19. The first kappa shape index (κ1) is 25.1. The molecule has 3 aromatic rings. The van der Waals surface area contributed by atoms with Crippen molar-refractivity contribution >= 4 is 5.97 Å². The molecule has 2 unspecified atom stereocenters. The molecule has 1 aromatic heterocycles. The number of carboxylic acid groups (broad SMARTS) is 1. The Balaban J connectivity index is 0.000000451. The fourth-order valence-corrected chi connectivity index (χ4v) is 2.98. The molecule has 2 atom stereocenters. The number of hydrogen-bond acceptors (Lipinski definition) is 7. The van der Waals surface area contributed by atoms with Crippen molar-refractivity contribution in [2.75, 3.05) is 0 Å². The highest BCUT2D eigenvalue weighted by atomic mass is 19.1. The molecule has 4 N–H and O–H groups in total. The molecule has 1 heterocycles. The van der Waals surface area contributed by atoms with Crippen LogP contribution in [0.3, 0.4) is 0 Å². The number of carboxylic acids is 1. The van der Waals surface area contributed by atoms with Gasteiger partial charge in [-0.25, -0.2) is 9.18 Å². The SMILES string of the molecule is CC(O)NC(C)O.CCCCc1ccccc1-c1nnc(-c2cc(F)ccc2C(=O)O)o1. The first-order chi connectivity index (χ1) is 15.2. The van der Waals surface area contributed by atoms with Gasteiger partial charge in [-0.05, 0) is 56.5 Å². The highest BCUT2D eigenvalue weighted by Gasteiger charge is 2.19. The molecule has 0 fully saturated rings. The predicted octanol–water partition coefficient (Wildman–Crippen LogP) is 3.84. The fraction of sp³-hybridized carbons (Fsp3) is 0.348. The maximum absolute atomic E-state index is 13.5. The molecule has 0 spiro atoms. The van der Waals surface area contributed by atoms with E-state index >= 15 is 0 Å². The van der Waals surface area contributed by atoms with E-state index in [1.807, 2.05) is 24.3 Å². The van der Waals surface area contributed by atoms with Gasteiger partial charge in [0.2, 0.25) is 11.8 Å². The quantitative estimate of drug-likeness (QED) is 0.385. The van der Waals surface area contributed by atoms with E-state index < -0.39 is 24.2 Å². The van der Waals surface area contributed by atoms with Gasteiger partial charge in [-0.2, -0.15) is 0 Å². The van der Waals surface area contributed by atoms with Crippen LogP contribution in [0.2, 0.25) is 0 Å². The first-order valence-electron chi connectivity index (χ1n) is 10.3. The summed E-state index contributed by atoms with van der Waals surface area (Å²) in [5.74, 6) is -1.47. The molecule has 0 saturated carbocycles. The Hall–Kier alpha value is -3.14. The molecule has 172 valence electrons. The van der Waals surface area contributed by atoms with Crippen molar-refractivity contribution < 1.29 is 28.9 Å². The van der Waals surface area contributed by atoms with Crippen molar-refractivity contribution in [3.8, 4) is 22.9 Å². The third kappa shape index (κ3) is 7.23. The second-order valence-corrected chi connectivity index (χ2v) is 7.19. The number of aliphatic hydroxyl groups is 2. The summed E-state index contributed by atoms with van der Waals surface area (Å²) < 4.78 is 19.2. The second kappa shape index (κ2) is 12.0. The number of carbonyl (C=O) groups is 1. The van der Waals surface area contributed by atoms with Gasteiger partial charge in [0.15, 0.2) is 0 Å². The molecule has 32 heavy (non-hydrogen) atoms. The minimum Gasteiger partial charge on any atom is -0.478 e. The third-order valence-electron chi connectivity index (χ3n) is 4.40. The van der Waals surface area contributed by atoms with Gasteiger partial charge in [0, 0.05) is 5.56 Å². The Kier molecular flexibility index (Phi) is 9.45. The molecule has 0 amide bonds. The molecule has 0 bridgehead atoms. The van der Waals surface area contributed by atoms with Crippen molar-refractivity contribution in [2.45, 2.75) is 52.5 Å². The minimum atomic E-state index is -1.18. The van der Waals surface area contributed by atoms with E-state index in [2.05, 4.69) is 22.4 Å². The maximum Gasteiger partial charge on any atom is 0.336 e. The predicted molar refractivity (Wildman–Crippen MR) is 117 cm³/mol. The third-order valence-corrected chi connectivity index (χ3v) is 4.40. The Morgan fingerprint density at radius 1 is 1.06 bits per heavy atom. The summed E-state index contributed by atoms with van der Waals surface area (Å²) in [4.78, 5) is 11.3. The molecule has 0 aliphatic rings. The number of benzene rings is 2. The summed E-state index contributed by atoms with van der Waals surface area (Å²) in [6.07, 6.45) is 1.73. The van der Waals surface area contributed by atoms with Gasteiger partial charge >= 0.3 is 5.97 Å². The standard InChI is InChI=1S/C19H17FN2O3.C4H11NO2/c1-2-3-6-12-7-4-5-8-14(12)17-21-22-18(25-17)16-11-13(20)9-10-15(16)19(23)24;1-3(6)5-4(2)7/h4-5,7-11H,2-3,6H2,1H3,(H,23,24);3-7H,1-2H3. The van der Waals surface area contributed by atoms with Crippen LogP contribution in [0.4, 0.5) is 4.39 Å². The lowest BCUT2D eigenvalue weighted by Gasteiger charge is -2.08. The highest BCUT2D eigenvalue weighted by Crippen LogP contribution is 2.29. The molecule has 0 aliphatic heterocycles. The van der Waals surface area contributed by atoms with Crippen molar-refractivity contribution in [3.05, 3.63) is 59.4 Å². The molecule has 0 aliphatic carbocycles. The van der Waals surface area contributed by atoms with Crippen LogP contribution in [-0.2, 0) is 6.42 Å². The van der Waals surface area contributed by atoms with E-state index in [1.54, 1.807) is 13.8 Å². The van der Waals surface area contributed by atoms with Gasteiger partial charge in [-0.3, -0.25) is 5.32 Å². The number of aromatic carboxylic acids is 1. The molecule has 9 heteroatoms. The summed E-state index contributed by atoms with van der Waals surface area (Å²) >= 11 is 0. The van der Waals surface area contributed by atoms with Gasteiger partial charge in [0.05, 0.1) is 11.1 Å². The van der Waals surface area contributed by atoms with Gasteiger partial charge in [0.1, 0.15) is 18.3 Å². The smallest absolute Gasteiger partial charge is 0.336 e. The first-order valence-corrected chi connectivity index (χ1v) is 10.3. The van der Waals surface area contributed by atoms with Gasteiger partial charge in [0.25, 0.3) is 0 Å². The molecule has 0 radical (unpaired) electrons. The normalized spacial score (nSPS) is 12.6. The van der Waals surface area contributed by atoms with Crippen LogP contribution in [0, 0.1) is 5.82 Å². The lowest BCUT2D eigenvalue weighted by molar-refractivity contribution is 0.0631. The van der Waals surface area contributed by atoms with E-state index in [9.17, 15) is 14.3 Å². The summed E-state index contributed by atoms with van der Waals surface area (Å²) in [6, 6.07) is 11.1. The van der Waals surface area contributed by atoms with Crippen molar-refractivity contribution in [1.82, 2.24) is 15.5 Å². The van der Waals surface area contributed by atoms with Gasteiger partial charge in [-0.15, -0.1) is 10.2 Å². The van der Waals surface area contributed by atoms with Crippen molar-refractivity contribution in [1.29, 1.82) is 0 Å². The number of hydrogen-bond donors (Lipinski definition) is 4. The number of nitrogens with one attached hydrogen (secondary N) is 1. The number of aliphatic hydroxyl groups excluding tert-OH is 2. The number of aryl methyl sites for hydroxylation is 1. The lowest BCUT2D eigenvalue weighted by Crippen LogP contribution is -2.33. The van der Waals surface area contributed by atoms with Crippen molar-refractivity contribution in [3.63, 3.8) is 0 Å². The summed E-state index contributed by atoms with van der Waals surface area (Å²) in [5, 5.41) is 36.5. The molecular weight excluding hydrogens is 417 g/mol. The average Bonchev–Trinajstić information content (AvgIpc) is 3.21. The number of rotatable bonds is 8.